The molecule has 134 valence electrons. The molecule has 1 spiro atoms. The summed E-state index contributed by atoms with van der Waals surface area (Å²) >= 11 is 0. The maximum absolute atomic E-state index is 12.4. The molecular formula is C15H25N5O4. The van der Waals surface area contributed by atoms with Crippen LogP contribution in [0.1, 0.15) is 39.5 Å². The zero-order valence-electron chi connectivity index (χ0n) is 14.0. The SMILES string of the molecule is CC(C)C[C@H](N)C(=O)N[C@]1(CCN=C(N)N)OC12C(=O)CCC2=O. The minimum atomic E-state index is -1.60. The molecule has 0 unspecified atom stereocenters. The molecule has 0 aromatic rings. The van der Waals surface area contributed by atoms with E-state index in [9.17, 15) is 14.4 Å². The van der Waals surface area contributed by atoms with E-state index in [1.54, 1.807) is 0 Å². The number of guanidine groups is 1. The van der Waals surface area contributed by atoms with E-state index in [4.69, 9.17) is 21.9 Å². The molecule has 0 aromatic carbocycles. The van der Waals surface area contributed by atoms with E-state index >= 15 is 0 Å². The van der Waals surface area contributed by atoms with Gasteiger partial charge in [0.15, 0.2) is 23.3 Å². The number of nitrogens with zero attached hydrogens (tertiary/aromatic N) is 1. The van der Waals surface area contributed by atoms with Crippen molar-refractivity contribution in [3.63, 3.8) is 0 Å². The standard InChI is InChI=1S/C15H25N5O4/c1-8(2)7-9(16)12(23)20-14(5-6-19-13(17)18)15(24-14)10(21)3-4-11(15)22/h8-9H,3-7,16H2,1-2H3,(H,20,23)(H4,17,18,19)/t9-,14+/m0/s1. The van der Waals surface area contributed by atoms with E-state index in [-0.39, 0.29) is 49.3 Å². The summed E-state index contributed by atoms with van der Waals surface area (Å²) < 4.78 is 5.55. The van der Waals surface area contributed by atoms with Crippen LogP contribution in [-0.4, -0.2) is 47.3 Å². The Morgan fingerprint density at radius 2 is 1.88 bits per heavy atom. The highest BCUT2D eigenvalue weighted by Crippen LogP contribution is 2.54. The number of carbonyl (C=O) groups is 3. The molecule has 2 fully saturated rings. The number of ether oxygens (including phenoxy) is 1. The van der Waals surface area contributed by atoms with Crippen molar-refractivity contribution in [3.05, 3.63) is 0 Å². The molecule has 1 saturated carbocycles. The topological polar surface area (TPSA) is 166 Å². The Morgan fingerprint density at radius 3 is 2.38 bits per heavy atom. The number of aliphatic imine (C=N–C) groups is 1. The summed E-state index contributed by atoms with van der Waals surface area (Å²) in [6.07, 6.45) is 0.806. The first-order valence-corrected chi connectivity index (χ1v) is 8.04. The van der Waals surface area contributed by atoms with Crippen LogP contribution in [0.15, 0.2) is 4.99 Å². The summed E-state index contributed by atoms with van der Waals surface area (Å²) in [5.41, 5.74) is 13.5. The van der Waals surface area contributed by atoms with E-state index in [0.717, 1.165) is 0 Å². The average Bonchev–Trinajstić information content (AvgIpc) is 3.03. The summed E-state index contributed by atoms with van der Waals surface area (Å²) in [5.74, 6) is -0.999. The van der Waals surface area contributed by atoms with Crippen LogP contribution in [0.3, 0.4) is 0 Å². The molecular weight excluding hydrogens is 314 g/mol. The van der Waals surface area contributed by atoms with Crippen molar-refractivity contribution in [2.75, 3.05) is 6.54 Å². The van der Waals surface area contributed by atoms with E-state index in [0.29, 0.717) is 6.42 Å². The summed E-state index contributed by atoms with van der Waals surface area (Å²) in [6, 6.07) is -0.752. The number of nitrogens with two attached hydrogens (primary N) is 3. The van der Waals surface area contributed by atoms with Gasteiger partial charge in [-0.15, -0.1) is 0 Å². The van der Waals surface area contributed by atoms with Crippen LogP contribution in [0, 0.1) is 5.92 Å². The fourth-order valence-electron chi connectivity index (χ4n) is 3.19. The third kappa shape index (κ3) is 3.13. The lowest BCUT2D eigenvalue weighted by molar-refractivity contribution is -0.128. The Morgan fingerprint density at radius 1 is 1.29 bits per heavy atom. The second-order valence-electron chi connectivity index (χ2n) is 6.74. The second kappa shape index (κ2) is 6.48. The van der Waals surface area contributed by atoms with Gasteiger partial charge in [-0.1, -0.05) is 13.8 Å². The number of epoxide rings is 1. The number of rotatable bonds is 7. The highest BCUT2D eigenvalue weighted by atomic mass is 16.7. The van der Waals surface area contributed by atoms with Gasteiger partial charge in [0, 0.05) is 25.8 Å². The normalized spacial score (nSPS) is 25.8. The molecule has 9 nitrogen and oxygen atoms in total. The van der Waals surface area contributed by atoms with E-state index in [1.807, 2.05) is 13.8 Å². The lowest BCUT2D eigenvalue weighted by atomic mass is 9.92. The van der Waals surface area contributed by atoms with Gasteiger partial charge >= 0.3 is 0 Å². The van der Waals surface area contributed by atoms with Gasteiger partial charge in [-0.25, -0.2) is 0 Å². The summed E-state index contributed by atoms with van der Waals surface area (Å²) in [7, 11) is 0. The molecule has 24 heavy (non-hydrogen) atoms. The van der Waals surface area contributed by atoms with Crippen molar-refractivity contribution >= 4 is 23.4 Å². The average molecular weight is 339 g/mol. The predicted molar refractivity (Wildman–Crippen MR) is 86.7 cm³/mol. The van der Waals surface area contributed by atoms with E-state index in [2.05, 4.69) is 10.3 Å². The Hall–Kier alpha value is -2.00. The molecule has 1 aliphatic carbocycles. The maximum atomic E-state index is 12.4. The van der Waals surface area contributed by atoms with Gasteiger partial charge in [-0.3, -0.25) is 19.4 Å². The molecule has 2 atom stereocenters. The molecule has 0 radical (unpaired) electrons. The lowest BCUT2D eigenvalue weighted by Crippen LogP contribution is -2.53. The number of amides is 1. The first-order valence-electron chi connectivity index (χ1n) is 8.04. The zero-order valence-corrected chi connectivity index (χ0v) is 14.0. The van der Waals surface area contributed by atoms with Crippen LogP contribution in [-0.2, 0) is 19.1 Å². The molecule has 7 N–H and O–H groups in total. The van der Waals surface area contributed by atoms with Gasteiger partial charge in [0.25, 0.3) is 0 Å². The zero-order chi connectivity index (χ0) is 18.1. The van der Waals surface area contributed by atoms with Gasteiger partial charge in [-0.05, 0) is 12.3 Å². The van der Waals surface area contributed by atoms with Gasteiger partial charge in [0.2, 0.25) is 11.5 Å². The van der Waals surface area contributed by atoms with Gasteiger partial charge in [0.1, 0.15) is 0 Å². The van der Waals surface area contributed by atoms with Gasteiger partial charge < -0.3 is 27.3 Å². The number of carbonyl (C=O) groups excluding carboxylic acids is 3. The number of nitrogens with one attached hydrogen (secondary N) is 1. The molecule has 1 saturated heterocycles. The van der Waals surface area contributed by atoms with Crippen LogP contribution >= 0.6 is 0 Å². The molecule has 0 aromatic heterocycles. The largest absolute Gasteiger partial charge is 0.370 e. The third-order valence-corrected chi connectivity index (χ3v) is 4.36. The third-order valence-electron chi connectivity index (χ3n) is 4.36. The van der Waals surface area contributed by atoms with Crippen molar-refractivity contribution in [1.82, 2.24) is 5.32 Å². The minimum absolute atomic E-state index is 0.108. The van der Waals surface area contributed by atoms with E-state index in [1.165, 1.54) is 0 Å². The highest BCUT2D eigenvalue weighted by molar-refractivity contribution is 6.20. The van der Waals surface area contributed by atoms with Crippen molar-refractivity contribution < 1.29 is 19.1 Å². The summed E-state index contributed by atoms with van der Waals surface area (Å²) in [6.45, 7) is 4.01. The van der Waals surface area contributed by atoms with E-state index < -0.39 is 23.3 Å². The monoisotopic (exact) mass is 339 g/mol. The van der Waals surface area contributed by atoms with Crippen molar-refractivity contribution in [1.29, 1.82) is 0 Å². The van der Waals surface area contributed by atoms with Gasteiger partial charge in [0.05, 0.1) is 6.04 Å². The fourth-order valence-corrected chi connectivity index (χ4v) is 3.19. The Kier molecular flexibility index (Phi) is 4.95. The lowest BCUT2D eigenvalue weighted by Gasteiger charge is -2.20. The number of hydrogen-bond acceptors (Lipinski definition) is 6. The predicted octanol–water partition coefficient (Wildman–Crippen LogP) is -1.46. The molecule has 1 heterocycles. The molecule has 1 amide bonds. The van der Waals surface area contributed by atoms with Crippen LogP contribution in [0.2, 0.25) is 0 Å². The molecule has 2 aliphatic rings. The van der Waals surface area contributed by atoms with Crippen molar-refractivity contribution in [2.45, 2.75) is 56.9 Å². The number of Topliss-reactive ketones (excluding diaryl/α,β-unsaturated/α-hetero) is 2. The molecule has 1 aliphatic heterocycles. The van der Waals surface area contributed by atoms with Crippen LogP contribution in [0.4, 0.5) is 0 Å². The Bertz CT molecular complexity index is 568. The van der Waals surface area contributed by atoms with Crippen LogP contribution in [0.5, 0.6) is 0 Å². The smallest absolute Gasteiger partial charge is 0.239 e. The highest BCUT2D eigenvalue weighted by Gasteiger charge is 2.80. The first kappa shape index (κ1) is 18.3. The summed E-state index contributed by atoms with van der Waals surface area (Å²) in [4.78, 5) is 40.6. The van der Waals surface area contributed by atoms with Crippen LogP contribution < -0.4 is 22.5 Å². The van der Waals surface area contributed by atoms with Crippen molar-refractivity contribution in [3.8, 4) is 0 Å². The Balaban J connectivity index is 2.17. The Labute approximate surface area is 140 Å². The maximum Gasteiger partial charge on any atom is 0.239 e. The molecule has 2 rings (SSSR count). The van der Waals surface area contributed by atoms with Crippen LogP contribution in [0.25, 0.3) is 0 Å². The number of hydrogen-bond donors (Lipinski definition) is 4. The van der Waals surface area contributed by atoms with Crippen molar-refractivity contribution in [2.24, 2.45) is 28.1 Å². The quantitative estimate of drug-likeness (QED) is 0.190. The molecule has 9 heteroatoms. The van der Waals surface area contributed by atoms with Gasteiger partial charge in [-0.2, -0.15) is 0 Å². The molecule has 0 bridgehead atoms. The minimum Gasteiger partial charge on any atom is -0.370 e. The summed E-state index contributed by atoms with van der Waals surface area (Å²) in [5, 5.41) is 2.66. The second-order valence-corrected chi connectivity index (χ2v) is 6.74. The first-order chi connectivity index (χ1) is 11.1. The fraction of sp³-hybridized carbons (Fsp3) is 0.733. The number of ketones is 2.